The molecule has 3 heteroatoms. The number of nitrogens with zero attached hydrogens (tertiary/aromatic N) is 2. The number of aromatic nitrogens is 2. The molecule has 0 aliphatic heterocycles. The third-order valence-corrected chi connectivity index (χ3v) is 3.02. The van der Waals surface area contributed by atoms with E-state index < -0.39 is 0 Å². The summed E-state index contributed by atoms with van der Waals surface area (Å²) >= 11 is 3.37. The molecule has 0 radical (unpaired) electrons. The van der Waals surface area contributed by atoms with E-state index in [0.717, 1.165) is 26.9 Å². The number of hydrogen-bond acceptors (Lipinski definition) is 2. The van der Waals surface area contributed by atoms with Crippen LogP contribution in [0.4, 0.5) is 0 Å². The van der Waals surface area contributed by atoms with Crippen molar-refractivity contribution in [3.8, 4) is 11.4 Å². The first-order chi connectivity index (χ1) is 8.33. The molecule has 0 N–H and O–H groups in total. The molecule has 0 fully saturated rings. The van der Waals surface area contributed by atoms with Gasteiger partial charge in [-0.15, -0.1) is 0 Å². The van der Waals surface area contributed by atoms with Crippen LogP contribution in [-0.2, 0) is 0 Å². The summed E-state index contributed by atoms with van der Waals surface area (Å²) in [5, 5.41) is 1.14. The zero-order valence-corrected chi connectivity index (χ0v) is 10.6. The van der Waals surface area contributed by atoms with E-state index in [2.05, 4.69) is 38.0 Å². The quantitative estimate of drug-likeness (QED) is 0.630. The van der Waals surface area contributed by atoms with Crippen molar-refractivity contribution in [2.45, 2.75) is 0 Å². The summed E-state index contributed by atoms with van der Waals surface area (Å²) < 4.78 is 0.824. The Kier molecular flexibility index (Phi) is 2.61. The van der Waals surface area contributed by atoms with Gasteiger partial charge in [0.15, 0.2) is 0 Å². The molecular weight excluding hydrogens is 276 g/mol. The van der Waals surface area contributed by atoms with Gasteiger partial charge in [0.2, 0.25) is 0 Å². The lowest BCUT2D eigenvalue weighted by Crippen LogP contribution is -1.88. The largest absolute Gasteiger partial charge is 0.246 e. The number of fused-ring (bicyclic) bond motifs is 1. The standard InChI is InChI=1S/C14H9BrN2/c15-14-7-3-6-12(17-14)13-9-8-10-4-1-2-5-11(10)16-13/h1-9H. The molecule has 0 unspecified atom stereocenters. The molecule has 3 aromatic rings. The maximum atomic E-state index is 4.60. The van der Waals surface area contributed by atoms with Crippen molar-refractivity contribution < 1.29 is 0 Å². The molecule has 0 amide bonds. The predicted molar refractivity (Wildman–Crippen MR) is 72.7 cm³/mol. The lowest BCUT2D eigenvalue weighted by Gasteiger charge is -2.02. The van der Waals surface area contributed by atoms with Crippen LogP contribution in [0.15, 0.2) is 59.2 Å². The first-order valence-corrected chi connectivity index (χ1v) is 6.11. The van der Waals surface area contributed by atoms with Gasteiger partial charge in [0.05, 0.1) is 16.9 Å². The van der Waals surface area contributed by atoms with Gasteiger partial charge in [-0.05, 0) is 40.2 Å². The van der Waals surface area contributed by atoms with Gasteiger partial charge in [0, 0.05) is 5.39 Å². The number of rotatable bonds is 1. The van der Waals surface area contributed by atoms with Crippen molar-refractivity contribution in [3.63, 3.8) is 0 Å². The minimum atomic E-state index is 0.824. The van der Waals surface area contributed by atoms with Gasteiger partial charge < -0.3 is 0 Å². The van der Waals surface area contributed by atoms with Crippen molar-refractivity contribution in [2.75, 3.05) is 0 Å². The Hall–Kier alpha value is -1.74. The van der Waals surface area contributed by atoms with Gasteiger partial charge in [-0.3, -0.25) is 0 Å². The fourth-order valence-electron chi connectivity index (χ4n) is 1.76. The molecule has 2 heterocycles. The highest BCUT2D eigenvalue weighted by atomic mass is 79.9. The van der Waals surface area contributed by atoms with Crippen LogP contribution in [0.25, 0.3) is 22.3 Å². The average Bonchev–Trinajstić information content (AvgIpc) is 2.38. The Bertz CT molecular complexity index is 680. The normalized spacial score (nSPS) is 10.6. The van der Waals surface area contributed by atoms with E-state index in [1.54, 1.807) is 0 Å². The van der Waals surface area contributed by atoms with Crippen LogP contribution < -0.4 is 0 Å². The lowest BCUT2D eigenvalue weighted by molar-refractivity contribution is 1.24. The Labute approximate surface area is 107 Å². The highest BCUT2D eigenvalue weighted by Gasteiger charge is 2.02. The number of hydrogen-bond donors (Lipinski definition) is 0. The van der Waals surface area contributed by atoms with Gasteiger partial charge in [0.25, 0.3) is 0 Å². The summed E-state index contributed by atoms with van der Waals surface area (Å²) in [6, 6.07) is 18.0. The highest BCUT2D eigenvalue weighted by molar-refractivity contribution is 9.10. The molecule has 1 aromatic carbocycles. The maximum Gasteiger partial charge on any atom is 0.106 e. The van der Waals surface area contributed by atoms with Crippen LogP contribution >= 0.6 is 15.9 Å². The second-order valence-corrected chi connectivity index (χ2v) is 4.55. The smallest absolute Gasteiger partial charge is 0.106 e. The molecule has 82 valence electrons. The fourth-order valence-corrected chi connectivity index (χ4v) is 2.10. The van der Waals surface area contributed by atoms with Crippen molar-refractivity contribution in [3.05, 3.63) is 59.2 Å². The summed E-state index contributed by atoms with van der Waals surface area (Å²) in [4.78, 5) is 9.01. The van der Waals surface area contributed by atoms with E-state index in [9.17, 15) is 0 Å². The average molecular weight is 285 g/mol. The highest BCUT2D eigenvalue weighted by Crippen LogP contribution is 2.20. The summed E-state index contributed by atoms with van der Waals surface area (Å²) in [5.41, 5.74) is 2.77. The lowest BCUT2D eigenvalue weighted by atomic mass is 10.2. The number of halogens is 1. The van der Waals surface area contributed by atoms with E-state index in [1.807, 2.05) is 42.5 Å². The molecule has 0 saturated heterocycles. The summed E-state index contributed by atoms with van der Waals surface area (Å²) in [7, 11) is 0. The van der Waals surface area contributed by atoms with Crippen molar-refractivity contribution in [2.24, 2.45) is 0 Å². The van der Waals surface area contributed by atoms with E-state index in [-0.39, 0.29) is 0 Å². The fraction of sp³-hybridized carbons (Fsp3) is 0. The van der Waals surface area contributed by atoms with Gasteiger partial charge in [-0.25, -0.2) is 9.97 Å². The van der Waals surface area contributed by atoms with Gasteiger partial charge >= 0.3 is 0 Å². The van der Waals surface area contributed by atoms with E-state index in [0.29, 0.717) is 0 Å². The topological polar surface area (TPSA) is 25.8 Å². The summed E-state index contributed by atoms with van der Waals surface area (Å²) in [6.45, 7) is 0. The molecule has 0 aliphatic rings. The third kappa shape index (κ3) is 2.06. The molecule has 0 bridgehead atoms. The molecule has 0 saturated carbocycles. The van der Waals surface area contributed by atoms with Crippen molar-refractivity contribution in [1.82, 2.24) is 9.97 Å². The zero-order chi connectivity index (χ0) is 11.7. The Balaban J connectivity index is 2.18. The van der Waals surface area contributed by atoms with Crippen LogP contribution in [0, 0.1) is 0 Å². The van der Waals surface area contributed by atoms with Gasteiger partial charge in [0.1, 0.15) is 4.60 Å². The molecular formula is C14H9BrN2. The van der Waals surface area contributed by atoms with Crippen LogP contribution in [-0.4, -0.2) is 9.97 Å². The Morgan fingerprint density at radius 3 is 2.41 bits per heavy atom. The Morgan fingerprint density at radius 2 is 1.53 bits per heavy atom. The van der Waals surface area contributed by atoms with Crippen LogP contribution in [0.2, 0.25) is 0 Å². The van der Waals surface area contributed by atoms with Crippen LogP contribution in [0.1, 0.15) is 0 Å². The molecule has 0 aliphatic carbocycles. The van der Waals surface area contributed by atoms with Crippen molar-refractivity contribution in [1.29, 1.82) is 0 Å². The third-order valence-electron chi connectivity index (χ3n) is 2.58. The summed E-state index contributed by atoms with van der Waals surface area (Å²) in [5.74, 6) is 0. The zero-order valence-electron chi connectivity index (χ0n) is 8.97. The molecule has 2 aromatic heterocycles. The summed E-state index contributed by atoms with van der Waals surface area (Å²) in [6.07, 6.45) is 0. The molecule has 3 rings (SSSR count). The number of para-hydroxylation sites is 1. The van der Waals surface area contributed by atoms with E-state index in [1.165, 1.54) is 0 Å². The van der Waals surface area contributed by atoms with Crippen molar-refractivity contribution >= 4 is 26.8 Å². The van der Waals surface area contributed by atoms with Gasteiger partial charge in [-0.2, -0.15) is 0 Å². The molecule has 2 nitrogen and oxygen atoms in total. The number of benzene rings is 1. The second kappa shape index (κ2) is 4.26. The van der Waals surface area contributed by atoms with E-state index >= 15 is 0 Å². The van der Waals surface area contributed by atoms with Crippen LogP contribution in [0.3, 0.4) is 0 Å². The monoisotopic (exact) mass is 284 g/mol. The first kappa shape index (κ1) is 10.4. The SMILES string of the molecule is Brc1cccc(-c2ccc3ccccc3n2)n1. The van der Waals surface area contributed by atoms with E-state index in [4.69, 9.17) is 0 Å². The molecule has 0 atom stereocenters. The predicted octanol–water partition coefficient (Wildman–Crippen LogP) is 4.06. The second-order valence-electron chi connectivity index (χ2n) is 3.73. The minimum Gasteiger partial charge on any atom is -0.246 e. The Morgan fingerprint density at radius 1 is 0.706 bits per heavy atom. The van der Waals surface area contributed by atoms with Crippen LogP contribution in [0.5, 0.6) is 0 Å². The van der Waals surface area contributed by atoms with Gasteiger partial charge in [-0.1, -0.05) is 30.3 Å². The number of pyridine rings is 2. The minimum absolute atomic E-state index is 0.824. The molecule has 0 spiro atoms. The molecule has 17 heavy (non-hydrogen) atoms. The first-order valence-electron chi connectivity index (χ1n) is 5.32. The maximum absolute atomic E-state index is 4.60.